The fraction of sp³-hybridized carbons (Fsp3) is 0.450. The number of likely N-dealkylation sites (tertiary alicyclic amines) is 1. The van der Waals surface area contributed by atoms with Crippen LogP contribution in [-0.2, 0) is 6.42 Å². The third-order valence-corrected chi connectivity index (χ3v) is 4.79. The lowest BCUT2D eigenvalue weighted by molar-refractivity contribution is 0.208. The number of nitrogens with one attached hydrogen (secondary N) is 1. The van der Waals surface area contributed by atoms with Crippen molar-refractivity contribution in [3.63, 3.8) is 0 Å². The Bertz CT molecular complexity index is 756. The highest BCUT2D eigenvalue weighted by Crippen LogP contribution is 2.39. The van der Waals surface area contributed by atoms with Gasteiger partial charge in [-0.3, -0.25) is 0 Å². The molecule has 26 heavy (non-hydrogen) atoms. The average molecular weight is 358 g/mol. The van der Waals surface area contributed by atoms with Crippen LogP contribution in [0.3, 0.4) is 0 Å². The van der Waals surface area contributed by atoms with Crippen LogP contribution in [0.5, 0.6) is 11.5 Å². The van der Waals surface area contributed by atoms with Crippen LogP contribution in [0.2, 0.25) is 0 Å². The quantitative estimate of drug-likeness (QED) is 0.860. The largest absolute Gasteiger partial charge is 0.493 e. The minimum Gasteiger partial charge on any atom is -0.493 e. The SMILES string of the molecule is COc1cccc([C@H]2CCN(C(=O)NCCc3ccc(C)o3)C2)c1OC. The maximum atomic E-state index is 12.4. The number of rotatable bonds is 6. The van der Waals surface area contributed by atoms with Crippen LogP contribution in [0.1, 0.15) is 29.4 Å². The summed E-state index contributed by atoms with van der Waals surface area (Å²) >= 11 is 0. The first-order valence-corrected chi connectivity index (χ1v) is 8.91. The molecule has 2 amide bonds. The van der Waals surface area contributed by atoms with E-state index in [0.29, 0.717) is 19.5 Å². The minimum atomic E-state index is -0.0300. The summed E-state index contributed by atoms with van der Waals surface area (Å²) in [5.74, 6) is 3.51. The molecule has 2 aromatic rings. The number of benzene rings is 1. The Hall–Kier alpha value is -2.63. The molecule has 1 aromatic heterocycles. The second kappa shape index (κ2) is 8.17. The van der Waals surface area contributed by atoms with Crippen LogP contribution in [0.15, 0.2) is 34.7 Å². The molecular weight excluding hydrogens is 332 g/mol. The third kappa shape index (κ3) is 3.95. The van der Waals surface area contributed by atoms with Crippen LogP contribution in [0, 0.1) is 6.92 Å². The van der Waals surface area contributed by atoms with Crippen molar-refractivity contribution in [1.29, 1.82) is 0 Å². The molecule has 1 fully saturated rings. The predicted molar refractivity (Wildman–Crippen MR) is 99.0 cm³/mol. The van der Waals surface area contributed by atoms with Gasteiger partial charge in [-0.05, 0) is 31.5 Å². The normalized spacial score (nSPS) is 16.6. The molecular formula is C20H26N2O4. The lowest BCUT2D eigenvalue weighted by Gasteiger charge is -2.19. The molecule has 0 aliphatic carbocycles. The van der Waals surface area contributed by atoms with E-state index in [1.165, 1.54) is 0 Å². The highest BCUT2D eigenvalue weighted by molar-refractivity contribution is 5.74. The Morgan fingerprint density at radius 2 is 2.12 bits per heavy atom. The molecule has 1 saturated heterocycles. The number of methoxy groups -OCH3 is 2. The molecule has 2 heterocycles. The van der Waals surface area contributed by atoms with Gasteiger partial charge in [-0.1, -0.05) is 12.1 Å². The highest BCUT2D eigenvalue weighted by atomic mass is 16.5. The molecule has 0 unspecified atom stereocenters. The van der Waals surface area contributed by atoms with E-state index in [9.17, 15) is 4.79 Å². The Kier molecular flexibility index (Phi) is 5.71. The van der Waals surface area contributed by atoms with Gasteiger partial charge in [0.25, 0.3) is 0 Å². The number of urea groups is 1. The van der Waals surface area contributed by atoms with Gasteiger partial charge in [-0.25, -0.2) is 4.79 Å². The molecule has 1 aliphatic heterocycles. The van der Waals surface area contributed by atoms with Crippen molar-refractivity contribution in [3.8, 4) is 11.5 Å². The smallest absolute Gasteiger partial charge is 0.317 e. The summed E-state index contributed by atoms with van der Waals surface area (Å²) < 4.78 is 16.4. The number of nitrogens with zero attached hydrogens (tertiary/aromatic N) is 1. The van der Waals surface area contributed by atoms with Crippen molar-refractivity contribution in [2.24, 2.45) is 0 Å². The van der Waals surface area contributed by atoms with Crippen LogP contribution < -0.4 is 14.8 Å². The zero-order chi connectivity index (χ0) is 18.5. The summed E-state index contributed by atoms with van der Waals surface area (Å²) in [5.41, 5.74) is 1.09. The predicted octanol–water partition coefficient (Wildman–Crippen LogP) is 3.35. The first-order chi connectivity index (χ1) is 12.6. The van der Waals surface area contributed by atoms with Gasteiger partial charge >= 0.3 is 6.03 Å². The summed E-state index contributed by atoms with van der Waals surface area (Å²) in [7, 11) is 3.29. The van der Waals surface area contributed by atoms with Crippen molar-refractivity contribution < 1.29 is 18.7 Å². The lowest BCUT2D eigenvalue weighted by Crippen LogP contribution is -2.39. The highest BCUT2D eigenvalue weighted by Gasteiger charge is 2.29. The third-order valence-electron chi connectivity index (χ3n) is 4.79. The molecule has 6 nitrogen and oxygen atoms in total. The van der Waals surface area contributed by atoms with Crippen LogP contribution >= 0.6 is 0 Å². The van der Waals surface area contributed by atoms with Crippen molar-refractivity contribution in [1.82, 2.24) is 10.2 Å². The molecule has 0 radical (unpaired) electrons. The Labute approximate surface area is 154 Å². The molecule has 0 bridgehead atoms. The number of aryl methyl sites for hydroxylation is 1. The molecule has 0 saturated carbocycles. The first-order valence-electron chi connectivity index (χ1n) is 8.91. The van der Waals surface area contributed by atoms with Gasteiger partial charge in [-0.2, -0.15) is 0 Å². The monoisotopic (exact) mass is 358 g/mol. The van der Waals surface area contributed by atoms with Crippen molar-refractivity contribution in [2.75, 3.05) is 33.9 Å². The zero-order valence-electron chi connectivity index (χ0n) is 15.6. The number of hydrogen-bond donors (Lipinski definition) is 1. The van der Waals surface area contributed by atoms with E-state index < -0.39 is 0 Å². The van der Waals surface area contributed by atoms with Crippen LogP contribution in [0.4, 0.5) is 4.79 Å². The second-order valence-corrected chi connectivity index (χ2v) is 6.51. The Morgan fingerprint density at radius 1 is 1.27 bits per heavy atom. The molecule has 1 aliphatic rings. The van der Waals surface area contributed by atoms with Gasteiger partial charge in [0.15, 0.2) is 11.5 Å². The number of ether oxygens (including phenoxy) is 2. The molecule has 1 aromatic carbocycles. The van der Waals surface area contributed by atoms with E-state index >= 15 is 0 Å². The summed E-state index contributed by atoms with van der Waals surface area (Å²) in [6.07, 6.45) is 1.61. The van der Waals surface area contributed by atoms with E-state index in [2.05, 4.69) is 5.32 Å². The summed E-state index contributed by atoms with van der Waals surface area (Å²) in [4.78, 5) is 14.3. The van der Waals surface area contributed by atoms with E-state index in [1.54, 1.807) is 14.2 Å². The van der Waals surface area contributed by atoms with Crippen LogP contribution in [-0.4, -0.2) is 44.8 Å². The number of para-hydroxylation sites is 1. The average Bonchev–Trinajstić information content (AvgIpc) is 3.30. The van der Waals surface area contributed by atoms with E-state index in [4.69, 9.17) is 13.9 Å². The number of amides is 2. The molecule has 1 atom stereocenters. The van der Waals surface area contributed by atoms with Gasteiger partial charge in [0.2, 0.25) is 0 Å². The Morgan fingerprint density at radius 3 is 2.81 bits per heavy atom. The van der Waals surface area contributed by atoms with E-state index in [1.807, 2.05) is 42.2 Å². The van der Waals surface area contributed by atoms with Gasteiger partial charge in [0.1, 0.15) is 11.5 Å². The van der Waals surface area contributed by atoms with E-state index in [-0.39, 0.29) is 11.9 Å². The summed E-state index contributed by atoms with van der Waals surface area (Å²) in [6, 6.07) is 9.75. The minimum absolute atomic E-state index is 0.0300. The first kappa shape index (κ1) is 18.2. The maximum absolute atomic E-state index is 12.4. The van der Waals surface area contributed by atoms with Gasteiger partial charge in [0.05, 0.1) is 14.2 Å². The second-order valence-electron chi connectivity index (χ2n) is 6.51. The number of furan rings is 1. The maximum Gasteiger partial charge on any atom is 0.317 e. The van der Waals surface area contributed by atoms with Gasteiger partial charge in [0, 0.05) is 37.5 Å². The molecule has 0 spiro atoms. The summed E-state index contributed by atoms with van der Waals surface area (Å²) in [5, 5.41) is 2.98. The van der Waals surface area contributed by atoms with Crippen molar-refractivity contribution in [2.45, 2.75) is 25.7 Å². The summed E-state index contributed by atoms with van der Waals surface area (Å²) in [6.45, 7) is 3.89. The Balaban J connectivity index is 1.55. The fourth-order valence-electron chi connectivity index (χ4n) is 3.46. The lowest BCUT2D eigenvalue weighted by atomic mass is 9.97. The van der Waals surface area contributed by atoms with Gasteiger partial charge < -0.3 is 24.1 Å². The zero-order valence-corrected chi connectivity index (χ0v) is 15.6. The molecule has 140 valence electrons. The van der Waals surface area contributed by atoms with Gasteiger partial charge in [-0.15, -0.1) is 0 Å². The topological polar surface area (TPSA) is 63.9 Å². The van der Waals surface area contributed by atoms with Crippen molar-refractivity contribution >= 4 is 6.03 Å². The van der Waals surface area contributed by atoms with Crippen LogP contribution in [0.25, 0.3) is 0 Å². The number of hydrogen-bond acceptors (Lipinski definition) is 4. The number of carbonyl (C=O) groups excluding carboxylic acids is 1. The standard InChI is InChI=1S/C20H26N2O4/c1-14-7-8-16(26-14)9-11-21-20(23)22-12-10-15(13-22)17-5-4-6-18(24-2)19(17)25-3/h4-8,15H,9-13H2,1-3H3,(H,21,23)/t15-/m0/s1. The number of carbonyl (C=O) groups is 1. The molecule has 1 N–H and O–H groups in total. The fourth-order valence-corrected chi connectivity index (χ4v) is 3.46. The van der Waals surface area contributed by atoms with E-state index in [0.717, 1.165) is 41.5 Å². The molecule has 6 heteroatoms. The van der Waals surface area contributed by atoms with Crippen molar-refractivity contribution in [3.05, 3.63) is 47.4 Å². The molecule has 3 rings (SSSR count).